The molecule has 0 saturated heterocycles. The van der Waals surface area contributed by atoms with E-state index < -0.39 is 17.2 Å². The number of carbonyl (C=O) groups is 3. The molecule has 0 saturated carbocycles. The second-order valence-electron chi connectivity index (χ2n) is 6.98. The number of hydrogen-bond donors (Lipinski definition) is 2. The molecule has 0 unspecified atom stereocenters. The molecule has 2 rings (SSSR count). The molecule has 2 N–H and O–H groups in total. The number of hydrogen-bond acceptors (Lipinski definition) is 7. The van der Waals surface area contributed by atoms with Crippen LogP contribution in [0.5, 0.6) is 0 Å². The van der Waals surface area contributed by atoms with Gasteiger partial charge in [-0.15, -0.1) is 0 Å². The van der Waals surface area contributed by atoms with Crippen molar-refractivity contribution in [2.45, 2.75) is 20.4 Å². The summed E-state index contributed by atoms with van der Waals surface area (Å²) in [5.74, 6) is -1.65. The Morgan fingerprint density at radius 1 is 1.41 bits per heavy atom. The van der Waals surface area contributed by atoms with Crippen LogP contribution in [0.3, 0.4) is 0 Å². The molecule has 152 valence electrons. The van der Waals surface area contributed by atoms with E-state index in [0.29, 0.717) is 5.76 Å². The van der Waals surface area contributed by atoms with Crippen LogP contribution in [0.2, 0.25) is 0 Å². The Morgan fingerprint density at radius 2 is 2.14 bits per heavy atom. The Labute approximate surface area is 172 Å². The van der Waals surface area contributed by atoms with Crippen molar-refractivity contribution in [3.05, 3.63) is 34.8 Å². The van der Waals surface area contributed by atoms with Gasteiger partial charge in [0.1, 0.15) is 11.7 Å². The normalized spacial score (nSPS) is 17.7. The standard InChI is InChI=1S/C19H21N5O4S/c1-19(2)13(7-20)17(27)23-18(14(19)8-21)29-11-16(26)24(3)10-15(25)22-9-12-5-4-6-28-12/h4-6,13H,9-11H2,1-3H3,(H,22,25)(H,23,27)/t13-/m1/s1. The van der Waals surface area contributed by atoms with Crippen molar-refractivity contribution >= 4 is 29.5 Å². The topological polar surface area (TPSA) is 139 Å². The number of amides is 3. The molecule has 0 radical (unpaired) electrons. The van der Waals surface area contributed by atoms with Crippen LogP contribution in [0.4, 0.5) is 0 Å². The summed E-state index contributed by atoms with van der Waals surface area (Å²) in [4.78, 5) is 37.7. The van der Waals surface area contributed by atoms with E-state index in [1.807, 2.05) is 12.1 Å². The first-order chi connectivity index (χ1) is 13.7. The smallest absolute Gasteiger partial charge is 0.243 e. The first-order valence-electron chi connectivity index (χ1n) is 8.71. The number of nitrogens with one attached hydrogen (secondary N) is 2. The Bertz CT molecular complexity index is 908. The molecule has 0 aromatic carbocycles. The molecule has 0 aliphatic carbocycles. The van der Waals surface area contributed by atoms with Gasteiger partial charge in [-0.25, -0.2) is 0 Å². The summed E-state index contributed by atoms with van der Waals surface area (Å²) in [6, 6.07) is 7.40. The number of nitrogens with zero attached hydrogens (tertiary/aromatic N) is 3. The fourth-order valence-corrected chi connectivity index (χ4v) is 3.85. The lowest BCUT2D eigenvalue weighted by atomic mass is 9.72. The highest BCUT2D eigenvalue weighted by atomic mass is 32.2. The van der Waals surface area contributed by atoms with Crippen LogP contribution < -0.4 is 10.6 Å². The highest BCUT2D eigenvalue weighted by molar-refractivity contribution is 8.03. The third-order valence-electron chi connectivity index (χ3n) is 4.52. The SMILES string of the molecule is CN(CC(=O)NCc1ccco1)C(=O)CSC1=C(C#N)C(C)(C)[C@H](C#N)C(=O)N1. The Balaban J connectivity index is 1.94. The van der Waals surface area contributed by atoms with E-state index in [9.17, 15) is 24.9 Å². The van der Waals surface area contributed by atoms with Crippen LogP contribution in [-0.2, 0) is 20.9 Å². The predicted octanol–water partition coefficient (Wildman–Crippen LogP) is 1.12. The van der Waals surface area contributed by atoms with Gasteiger partial charge in [-0.1, -0.05) is 25.6 Å². The first-order valence-corrected chi connectivity index (χ1v) is 9.70. The molecule has 0 spiro atoms. The fraction of sp³-hybridized carbons (Fsp3) is 0.421. The number of furan rings is 1. The average molecular weight is 415 g/mol. The largest absolute Gasteiger partial charge is 0.467 e. The van der Waals surface area contributed by atoms with Crippen LogP contribution in [0.25, 0.3) is 0 Å². The van der Waals surface area contributed by atoms with Crippen LogP contribution >= 0.6 is 11.8 Å². The molecule has 29 heavy (non-hydrogen) atoms. The van der Waals surface area contributed by atoms with Crippen LogP contribution in [-0.4, -0.2) is 42.0 Å². The third-order valence-corrected chi connectivity index (χ3v) is 5.51. The molecule has 10 heteroatoms. The Hall–Kier alpha value is -3.24. The molecule has 1 atom stereocenters. The summed E-state index contributed by atoms with van der Waals surface area (Å²) in [5.41, 5.74) is -0.713. The van der Waals surface area contributed by atoms with Crippen LogP contribution in [0.1, 0.15) is 19.6 Å². The van der Waals surface area contributed by atoms with E-state index in [0.717, 1.165) is 11.8 Å². The molecular weight excluding hydrogens is 394 g/mol. The quantitative estimate of drug-likeness (QED) is 0.680. The van der Waals surface area contributed by atoms with Gasteiger partial charge in [-0.3, -0.25) is 14.4 Å². The lowest BCUT2D eigenvalue weighted by molar-refractivity contribution is -0.132. The minimum Gasteiger partial charge on any atom is -0.467 e. The summed E-state index contributed by atoms with van der Waals surface area (Å²) >= 11 is 1.00. The minimum atomic E-state index is -0.988. The van der Waals surface area contributed by atoms with E-state index in [1.54, 1.807) is 26.0 Å². The Kier molecular flexibility index (Phi) is 7.08. The molecular formula is C19H21N5O4S. The van der Waals surface area contributed by atoms with Gasteiger partial charge in [-0.2, -0.15) is 10.5 Å². The third kappa shape index (κ3) is 5.18. The van der Waals surface area contributed by atoms with E-state index >= 15 is 0 Å². The van der Waals surface area contributed by atoms with Crippen molar-refractivity contribution in [3.8, 4) is 12.1 Å². The number of likely N-dealkylation sites (N-methyl/N-ethyl adjacent to an activating group) is 1. The van der Waals surface area contributed by atoms with Crippen LogP contribution in [0, 0.1) is 34.0 Å². The summed E-state index contributed by atoms with van der Waals surface area (Å²) in [6.45, 7) is 3.38. The maximum atomic E-state index is 12.3. The number of carbonyl (C=O) groups excluding carboxylic acids is 3. The van der Waals surface area contributed by atoms with E-state index in [1.165, 1.54) is 18.2 Å². The maximum Gasteiger partial charge on any atom is 0.243 e. The van der Waals surface area contributed by atoms with E-state index in [-0.39, 0.29) is 41.3 Å². The van der Waals surface area contributed by atoms with Crippen molar-refractivity contribution in [3.63, 3.8) is 0 Å². The number of allylic oxidation sites excluding steroid dienone is 1. The zero-order chi connectivity index (χ0) is 21.6. The van der Waals surface area contributed by atoms with Crippen molar-refractivity contribution < 1.29 is 18.8 Å². The number of nitriles is 2. The zero-order valence-electron chi connectivity index (χ0n) is 16.3. The van der Waals surface area contributed by atoms with E-state index in [2.05, 4.69) is 10.6 Å². The Morgan fingerprint density at radius 3 is 2.72 bits per heavy atom. The summed E-state index contributed by atoms with van der Waals surface area (Å²) in [6.07, 6.45) is 1.50. The van der Waals surface area contributed by atoms with Gasteiger partial charge in [-0.05, 0) is 12.1 Å². The van der Waals surface area contributed by atoms with Gasteiger partial charge in [0, 0.05) is 12.5 Å². The van der Waals surface area contributed by atoms with Crippen LogP contribution in [0.15, 0.2) is 33.4 Å². The summed E-state index contributed by atoms with van der Waals surface area (Å²) in [7, 11) is 1.49. The molecule has 1 aromatic rings. The fourth-order valence-electron chi connectivity index (χ4n) is 2.74. The van der Waals surface area contributed by atoms with Crippen molar-refractivity contribution in [1.29, 1.82) is 10.5 Å². The molecule has 1 aliphatic rings. The maximum absolute atomic E-state index is 12.3. The lowest BCUT2D eigenvalue weighted by Gasteiger charge is -2.34. The number of rotatable bonds is 7. The average Bonchev–Trinajstić information content (AvgIpc) is 3.17. The second-order valence-corrected chi connectivity index (χ2v) is 7.97. The molecule has 0 fully saturated rings. The van der Waals surface area contributed by atoms with Gasteiger partial charge >= 0.3 is 0 Å². The molecule has 9 nitrogen and oxygen atoms in total. The van der Waals surface area contributed by atoms with Crippen molar-refractivity contribution in [1.82, 2.24) is 15.5 Å². The minimum absolute atomic E-state index is 0.0734. The monoisotopic (exact) mass is 415 g/mol. The van der Waals surface area contributed by atoms with Gasteiger partial charge in [0.25, 0.3) is 0 Å². The molecule has 0 bridgehead atoms. The molecule has 1 aromatic heterocycles. The first kappa shape index (κ1) is 22.1. The summed E-state index contributed by atoms with van der Waals surface area (Å²) in [5, 5.41) is 24.2. The van der Waals surface area contributed by atoms with Gasteiger partial charge in [0.2, 0.25) is 17.7 Å². The van der Waals surface area contributed by atoms with Gasteiger partial charge in [0.05, 0.1) is 47.8 Å². The highest BCUT2D eigenvalue weighted by Crippen LogP contribution is 2.41. The predicted molar refractivity (Wildman–Crippen MR) is 104 cm³/mol. The van der Waals surface area contributed by atoms with Crippen molar-refractivity contribution in [2.24, 2.45) is 11.3 Å². The number of thioether (sulfide) groups is 1. The highest BCUT2D eigenvalue weighted by Gasteiger charge is 2.44. The van der Waals surface area contributed by atoms with Crippen molar-refractivity contribution in [2.75, 3.05) is 19.3 Å². The molecule has 3 amide bonds. The lowest BCUT2D eigenvalue weighted by Crippen LogP contribution is -2.45. The zero-order valence-corrected chi connectivity index (χ0v) is 17.1. The van der Waals surface area contributed by atoms with E-state index in [4.69, 9.17) is 4.42 Å². The molecule has 1 aliphatic heterocycles. The second kappa shape index (κ2) is 9.30. The molecule has 2 heterocycles. The summed E-state index contributed by atoms with van der Waals surface area (Å²) < 4.78 is 5.12. The van der Waals surface area contributed by atoms with Gasteiger partial charge < -0.3 is 20.0 Å². The van der Waals surface area contributed by atoms with Gasteiger partial charge in [0.15, 0.2) is 0 Å².